The van der Waals surface area contributed by atoms with Crippen molar-refractivity contribution in [1.82, 2.24) is 0 Å². The molecule has 0 spiro atoms. The highest BCUT2D eigenvalue weighted by molar-refractivity contribution is 5.13. The van der Waals surface area contributed by atoms with Crippen LogP contribution in [0.1, 0.15) is 103 Å². The summed E-state index contributed by atoms with van der Waals surface area (Å²) in [5.74, 6) is 0.826. The van der Waals surface area contributed by atoms with Gasteiger partial charge in [-0.3, -0.25) is 0 Å². The number of hydrogen-bond donors (Lipinski definition) is 0. The van der Waals surface area contributed by atoms with Crippen LogP contribution in [0, 0.1) is 5.92 Å². The van der Waals surface area contributed by atoms with Crippen molar-refractivity contribution in [2.24, 2.45) is 5.92 Å². The maximum atomic E-state index is 2.45. The predicted octanol–water partition coefficient (Wildman–Crippen LogP) is 7.99. The van der Waals surface area contributed by atoms with E-state index in [0.717, 1.165) is 16.9 Å². The van der Waals surface area contributed by atoms with Crippen LogP contribution < -0.4 is 0 Å². The lowest BCUT2D eigenvalue weighted by Crippen LogP contribution is -2.42. The molecule has 0 aliphatic carbocycles. The van der Waals surface area contributed by atoms with Crippen molar-refractivity contribution in [3.05, 3.63) is 35.9 Å². The first kappa shape index (κ1) is 24.2. The van der Waals surface area contributed by atoms with Gasteiger partial charge in [-0.05, 0) is 6.42 Å². The van der Waals surface area contributed by atoms with E-state index >= 15 is 0 Å². The van der Waals surface area contributed by atoms with E-state index in [4.69, 9.17) is 0 Å². The molecule has 27 heavy (non-hydrogen) atoms. The van der Waals surface area contributed by atoms with E-state index in [2.05, 4.69) is 58.3 Å². The summed E-state index contributed by atoms with van der Waals surface area (Å²) in [5, 5.41) is 0. The van der Waals surface area contributed by atoms with Gasteiger partial charge in [-0.1, -0.05) is 121 Å². The summed E-state index contributed by atoms with van der Waals surface area (Å²) in [6.45, 7) is 7.17. The van der Waals surface area contributed by atoms with E-state index in [-0.39, 0.29) is 0 Å². The third-order valence-electron chi connectivity index (χ3n) is 5.81. The Morgan fingerprint density at radius 1 is 0.704 bits per heavy atom. The van der Waals surface area contributed by atoms with Crippen LogP contribution in [0.5, 0.6) is 0 Å². The lowest BCUT2D eigenvalue weighted by Gasteiger charge is -2.32. The van der Waals surface area contributed by atoms with Crippen LogP contribution in [0.2, 0.25) is 0 Å². The zero-order valence-corrected chi connectivity index (χ0v) is 19.0. The average molecular weight is 375 g/mol. The van der Waals surface area contributed by atoms with E-state index in [1.54, 1.807) is 0 Å². The SMILES string of the molecule is CCCCCCCCCCCCCCC(C)C[N+](C)(C)Cc1ccccc1. The summed E-state index contributed by atoms with van der Waals surface area (Å²) in [5.41, 5.74) is 1.46. The topological polar surface area (TPSA) is 0 Å². The molecular formula is C26H48N+. The maximum Gasteiger partial charge on any atom is 0.104 e. The van der Waals surface area contributed by atoms with Crippen LogP contribution >= 0.6 is 0 Å². The fourth-order valence-corrected chi connectivity index (χ4v) is 4.41. The summed E-state index contributed by atoms with van der Waals surface area (Å²) in [6, 6.07) is 10.9. The lowest BCUT2D eigenvalue weighted by atomic mass is 10.00. The fraction of sp³-hybridized carbons (Fsp3) is 0.769. The van der Waals surface area contributed by atoms with Gasteiger partial charge in [-0.15, -0.1) is 0 Å². The van der Waals surface area contributed by atoms with Crippen LogP contribution in [0.4, 0.5) is 0 Å². The molecule has 1 rings (SSSR count). The van der Waals surface area contributed by atoms with Crippen LogP contribution in [0.3, 0.4) is 0 Å². The summed E-state index contributed by atoms with van der Waals surface area (Å²) in [6.07, 6.45) is 18.7. The average Bonchev–Trinajstić information content (AvgIpc) is 2.62. The molecule has 156 valence electrons. The Labute approximate surface area is 171 Å². The van der Waals surface area contributed by atoms with Crippen molar-refractivity contribution in [2.45, 2.75) is 104 Å². The van der Waals surface area contributed by atoms with Gasteiger partial charge in [-0.25, -0.2) is 0 Å². The summed E-state index contributed by atoms with van der Waals surface area (Å²) >= 11 is 0. The molecule has 0 heterocycles. The highest BCUT2D eigenvalue weighted by atomic mass is 15.3. The van der Waals surface area contributed by atoms with Gasteiger partial charge in [0.25, 0.3) is 0 Å². The summed E-state index contributed by atoms with van der Waals surface area (Å²) in [4.78, 5) is 0. The third kappa shape index (κ3) is 13.9. The first-order valence-electron chi connectivity index (χ1n) is 11.9. The second-order valence-electron chi connectivity index (χ2n) is 9.54. The van der Waals surface area contributed by atoms with E-state index < -0.39 is 0 Å². The normalized spacial score (nSPS) is 13.0. The first-order chi connectivity index (χ1) is 13.0. The lowest BCUT2D eigenvalue weighted by molar-refractivity contribution is -0.906. The Kier molecular flexibility index (Phi) is 13.6. The highest BCUT2D eigenvalue weighted by Crippen LogP contribution is 2.18. The van der Waals surface area contributed by atoms with Gasteiger partial charge in [0.1, 0.15) is 6.54 Å². The summed E-state index contributed by atoms with van der Waals surface area (Å²) < 4.78 is 1.10. The molecule has 0 saturated heterocycles. The van der Waals surface area contributed by atoms with Crippen molar-refractivity contribution < 1.29 is 4.48 Å². The number of rotatable bonds is 17. The second kappa shape index (κ2) is 15.1. The number of unbranched alkanes of at least 4 members (excludes halogenated alkanes) is 11. The molecule has 0 radical (unpaired) electrons. The van der Waals surface area contributed by atoms with Crippen molar-refractivity contribution in [3.8, 4) is 0 Å². The van der Waals surface area contributed by atoms with Crippen LogP contribution in [-0.2, 0) is 6.54 Å². The van der Waals surface area contributed by atoms with Crippen molar-refractivity contribution >= 4 is 0 Å². The van der Waals surface area contributed by atoms with Crippen molar-refractivity contribution in [3.63, 3.8) is 0 Å². The van der Waals surface area contributed by atoms with Gasteiger partial charge in [0, 0.05) is 11.5 Å². The minimum Gasteiger partial charge on any atom is -0.325 e. The number of hydrogen-bond acceptors (Lipinski definition) is 0. The molecule has 1 aromatic rings. The van der Waals surface area contributed by atoms with Gasteiger partial charge in [0.05, 0.1) is 20.6 Å². The van der Waals surface area contributed by atoms with Gasteiger partial charge >= 0.3 is 0 Å². The standard InChI is InChI=1S/C26H48N/c1-5-6-7-8-9-10-11-12-13-14-15-17-20-25(2)23-27(3,4)24-26-21-18-16-19-22-26/h16,18-19,21-22,25H,5-15,17,20,23-24H2,1-4H3/q+1. The monoisotopic (exact) mass is 374 g/mol. The molecule has 0 aliphatic rings. The molecular weight excluding hydrogens is 326 g/mol. The Morgan fingerprint density at radius 2 is 1.19 bits per heavy atom. The maximum absolute atomic E-state index is 2.45. The number of nitrogens with zero attached hydrogens (tertiary/aromatic N) is 1. The molecule has 1 heteroatoms. The van der Waals surface area contributed by atoms with E-state index in [1.165, 1.54) is 95.6 Å². The van der Waals surface area contributed by atoms with Gasteiger partial charge in [0.15, 0.2) is 0 Å². The fourth-order valence-electron chi connectivity index (χ4n) is 4.41. The molecule has 1 nitrogen and oxygen atoms in total. The zero-order valence-electron chi connectivity index (χ0n) is 19.0. The molecule has 0 bridgehead atoms. The minimum atomic E-state index is 0.826. The predicted molar refractivity (Wildman–Crippen MR) is 122 cm³/mol. The number of benzene rings is 1. The van der Waals surface area contributed by atoms with Gasteiger partial charge in [-0.2, -0.15) is 0 Å². The Bertz CT molecular complexity index is 437. The molecule has 0 fully saturated rings. The van der Waals surface area contributed by atoms with Crippen molar-refractivity contribution in [1.29, 1.82) is 0 Å². The van der Waals surface area contributed by atoms with Crippen LogP contribution in [0.15, 0.2) is 30.3 Å². The van der Waals surface area contributed by atoms with E-state index in [9.17, 15) is 0 Å². The molecule has 1 atom stereocenters. The largest absolute Gasteiger partial charge is 0.325 e. The molecule has 0 saturated carbocycles. The Morgan fingerprint density at radius 3 is 1.70 bits per heavy atom. The Hall–Kier alpha value is -0.820. The quantitative estimate of drug-likeness (QED) is 0.191. The molecule has 0 N–H and O–H groups in total. The Balaban J connectivity index is 1.97. The van der Waals surface area contributed by atoms with Gasteiger partial charge < -0.3 is 4.48 Å². The second-order valence-corrected chi connectivity index (χ2v) is 9.54. The van der Waals surface area contributed by atoms with E-state index in [1.807, 2.05) is 0 Å². The van der Waals surface area contributed by atoms with Crippen LogP contribution in [0.25, 0.3) is 0 Å². The molecule has 0 aromatic heterocycles. The number of quaternary nitrogens is 1. The van der Waals surface area contributed by atoms with E-state index in [0.29, 0.717) is 0 Å². The molecule has 0 aliphatic heterocycles. The smallest absolute Gasteiger partial charge is 0.104 e. The third-order valence-corrected chi connectivity index (χ3v) is 5.81. The summed E-state index contributed by atoms with van der Waals surface area (Å²) in [7, 11) is 4.76. The first-order valence-corrected chi connectivity index (χ1v) is 11.9. The van der Waals surface area contributed by atoms with Gasteiger partial charge in [0.2, 0.25) is 0 Å². The minimum absolute atomic E-state index is 0.826. The highest BCUT2D eigenvalue weighted by Gasteiger charge is 2.19. The molecule has 1 aromatic carbocycles. The van der Waals surface area contributed by atoms with Crippen molar-refractivity contribution in [2.75, 3.05) is 20.6 Å². The zero-order chi connectivity index (χ0) is 19.8. The van der Waals surface area contributed by atoms with Crippen LogP contribution in [-0.4, -0.2) is 25.1 Å². The molecule has 1 unspecified atom stereocenters. The molecule has 0 amide bonds.